The average Bonchev–Trinajstić information content (AvgIpc) is 2.63. The summed E-state index contributed by atoms with van der Waals surface area (Å²) >= 11 is 3.48. The van der Waals surface area contributed by atoms with Gasteiger partial charge >= 0.3 is 0 Å². The van der Waals surface area contributed by atoms with Gasteiger partial charge in [0, 0.05) is 42.2 Å². The molecule has 0 fully saturated rings. The van der Waals surface area contributed by atoms with E-state index in [2.05, 4.69) is 54.1 Å². The fourth-order valence-corrected chi connectivity index (χ4v) is 2.97. The van der Waals surface area contributed by atoms with E-state index >= 15 is 0 Å². The second-order valence-electron chi connectivity index (χ2n) is 5.87. The Morgan fingerprint density at radius 2 is 1.88 bits per heavy atom. The minimum Gasteiger partial charge on any atom is -0.359 e. The maximum absolute atomic E-state index is 4.38. The zero-order chi connectivity index (χ0) is 17.6. The second kappa shape index (κ2) is 8.07. The SMILES string of the molecule is Cc1cc(Br)ccc1Nc1cc(N(C)CCc2ccncc2)ncn1. The highest BCUT2D eigenvalue weighted by Gasteiger charge is 2.06. The van der Waals surface area contributed by atoms with Crippen molar-refractivity contribution in [1.82, 2.24) is 15.0 Å². The molecule has 0 aliphatic rings. The van der Waals surface area contributed by atoms with Gasteiger partial charge in [0.15, 0.2) is 0 Å². The van der Waals surface area contributed by atoms with Gasteiger partial charge in [-0.25, -0.2) is 9.97 Å². The Morgan fingerprint density at radius 1 is 1.08 bits per heavy atom. The van der Waals surface area contributed by atoms with Crippen molar-refractivity contribution in [1.29, 1.82) is 0 Å². The number of nitrogens with one attached hydrogen (secondary N) is 1. The predicted octanol–water partition coefficient (Wildman–Crippen LogP) is 4.37. The first-order valence-electron chi connectivity index (χ1n) is 8.07. The second-order valence-corrected chi connectivity index (χ2v) is 6.79. The van der Waals surface area contributed by atoms with E-state index in [4.69, 9.17) is 0 Å². The molecule has 0 aliphatic carbocycles. The van der Waals surface area contributed by atoms with Gasteiger partial charge < -0.3 is 10.2 Å². The quantitative estimate of drug-likeness (QED) is 0.669. The minimum atomic E-state index is 0.784. The lowest BCUT2D eigenvalue weighted by atomic mass is 10.2. The van der Waals surface area contributed by atoms with Gasteiger partial charge in [0.1, 0.15) is 18.0 Å². The van der Waals surface area contributed by atoms with Crippen LogP contribution in [-0.4, -0.2) is 28.5 Å². The molecule has 0 radical (unpaired) electrons. The highest BCUT2D eigenvalue weighted by molar-refractivity contribution is 9.10. The molecule has 25 heavy (non-hydrogen) atoms. The number of halogens is 1. The zero-order valence-electron chi connectivity index (χ0n) is 14.3. The molecule has 0 bridgehead atoms. The molecule has 1 aromatic carbocycles. The van der Waals surface area contributed by atoms with Crippen LogP contribution in [0.5, 0.6) is 0 Å². The fraction of sp³-hybridized carbons (Fsp3) is 0.211. The van der Waals surface area contributed by atoms with Crippen LogP contribution in [0.15, 0.2) is 59.6 Å². The fourth-order valence-electron chi connectivity index (χ4n) is 2.49. The highest BCUT2D eigenvalue weighted by atomic mass is 79.9. The van der Waals surface area contributed by atoms with Crippen molar-refractivity contribution in [2.45, 2.75) is 13.3 Å². The van der Waals surface area contributed by atoms with E-state index < -0.39 is 0 Å². The first-order valence-corrected chi connectivity index (χ1v) is 8.86. The first kappa shape index (κ1) is 17.4. The van der Waals surface area contributed by atoms with Crippen LogP contribution in [0, 0.1) is 6.92 Å². The van der Waals surface area contributed by atoms with Gasteiger partial charge in [0.25, 0.3) is 0 Å². The Labute approximate surface area is 156 Å². The van der Waals surface area contributed by atoms with Crippen molar-refractivity contribution in [3.63, 3.8) is 0 Å². The molecule has 1 N–H and O–H groups in total. The summed E-state index contributed by atoms with van der Waals surface area (Å²) in [7, 11) is 2.04. The summed E-state index contributed by atoms with van der Waals surface area (Å²) in [5, 5.41) is 3.36. The summed E-state index contributed by atoms with van der Waals surface area (Å²) in [6.07, 6.45) is 6.18. The maximum Gasteiger partial charge on any atom is 0.135 e. The smallest absolute Gasteiger partial charge is 0.135 e. The number of nitrogens with zero attached hydrogens (tertiary/aromatic N) is 4. The van der Waals surface area contributed by atoms with Crippen molar-refractivity contribution in [2.24, 2.45) is 0 Å². The lowest BCUT2D eigenvalue weighted by Crippen LogP contribution is -2.21. The van der Waals surface area contributed by atoms with Crippen molar-refractivity contribution >= 4 is 33.3 Å². The predicted molar refractivity (Wildman–Crippen MR) is 105 cm³/mol. The monoisotopic (exact) mass is 397 g/mol. The molecule has 3 aromatic rings. The van der Waals surface area contributed by atoms with Crippen molar-refractivity contribution < 1.29 is 0 Å². The topological polar surface area (TPSA) is 53.9 Å². The van der Waals surface area contributed by atoms with Gasteiger partial charge in [0.05, 0.1) is 0 Å². The summed E-state index contributed by atoms with van der Waals surface area (Å²) in [4.78, 5) is 14.9. The third-order valence-electron chi connectivity index (χ3n) is 3.98. The van der Waals surface area contributed by atoms with E-state index in [0.29, 0.717) is 0 Å². The van der Waals surface area contributed by atoms with Gasteiger partial charge in [-0.2, -0.15) is 0 Å². The number of aryl methyl sites for hydroxylation is 1. The highest BCUT2D eigenvalue weighted by Crippen LogP contribution is 2.24. The summed E-state index contributed by atoms with van der Waals surface area (Å²) in [6.45, 7) is 2.94. The normalized spacial score (nSPS) is 10.5. The average molecular weight is 398 g/mol. The van der Waals surface area contributed by atoms with Crippen LogP contribution in [0.2, 0.25) is 0 Å². The Bertz CT molecular complexity index is 838. The van der Waals surface area contributed by atoms with Crippen LogP contribution in [0.25, 0.3) is 0 Å². The minimum absolute atomic E-state index is 0.784. The Morgan fingerprint density at radius 3 is 2.64 bits per heavy atom. The van der Waals surface area contributed by atoms with Crippen LogP contribution < -0.4 is 10.2 Å². The van der Waals surface area contributed by atoms with Gasteiger partial charge in [0.2, 0.25) is 0 Å². The van der Waals surface area contributed by atoms with Crippen LogP contribution in [0.3, 0.4) is 0 Å². The lowest BCUT2D eigenvalue weighted by molar-refractivity contribution is 0.855. The van der Waals surface area contributed by atoms with E-state index in [1.807, 2.05) is 49.8 Å². The standard InChI is InChI=1S/C19H20BrN5/c1-14-11-16(20)3-4-17(14)24-18-12-19(23-13-22-18)25(2)10-7-15-5-8-21-9-6-15/h3-6,8-9,11-13H,7,10H2,1-2H3,(H,22,23,24). The van der Waals surface area contributed by atoms with E-state index in [9.17, 15) is 0 Å². The zero-order valence-corrected chi connectivity index (χ0v) is 15.9. The largest absolute Gasteiger partial charge is 0.359 e. The van der Waals surface area contributed by atoms with E-state index in [0.717, 1.165) is 40.3 Å². The number of rotatable bonds is 6. The number of likely N-dealkylation sites (N-methyl/N-ethyl adjacent to an activating group) is 1. The number of aromatic nitrogens is 3. The molecule has 5 nitrogen and oxygen atoms in total. The van der Waals surface area contributed by atoms with Crippen LogP contribution in [-0.2, 0) is 6.42 Å². The summed E-state index contributed by atoms with van der Waals surface area (Å²) in [5.41, 5.74) is 3.45. The van der Waals surface area contributed by atoms with Gasteiger partial charge in [-0.3, -0.25) is 4.98 Å². The Kier molecular flexibility index (Phi) is 5.60. The van der Waals surface area contributed by atoms with Crippen LogP contribution >= 0.6 is 15.9 Å². The molecule has 0 atom stereocenters. The van der Waals surface area contributed by atoms with Gasteiger partial charge in [-0.15, -0.1) is 0 Å². The molecule has 0 saturated heterocycles. The maximum atomic E-state index is 4.38. The Balaban J connectivity index is 1.68. The molecule has 2 aromatic heterocycles. The molecule has 0 unspecified atom stereocenters. The lowest BCUT2D eigenvalue weighted by Gasteiger charge is -2.19. The summed E-state index contributed by atoms with van der Waals surface area (Å²) in [5.74, 6) is 1.67. The van der Waals surface area contributed by atoms with Crippen molar-refractivity contribution in [2.75, 3.05) is 23.8 Å². The van der Waals surface area contributed by atoms with Gasteiger partial charge in [-0.05, 0) is 54.8 Å². The first-order chi connectivity index (χ1) is 12.1. The molecular weight excluding hydrogens is 378 g/mol. The molecule has 2 heterocycles. The molecule has 0 amide bonds. The van der Waals surface area contributed by atoms with Crippen molar-refractivity contribution in [3.8, 4) is 0 Å². The molecule has 128 valence electrons. The molecule has 0 saturated carbocycles. The molecule has 0 spiro atoms. The third-order valence-corrected chi connectivity index (χ3v) is 4.47. The Hall–Kier alpha value is -2.47. The number of anilines is 3. The van der Waals surface area contributed by atoms with Crippen molar-refractivity contribution in [3.05, 3.63) is 70.7 Å². The van der Waals surface area contributed by atoms with E-state index in [-0.39, 0.29) is 0 Å². The molecule has 3 rings (SSSR count). The summed E-state index contributed by atoms with van der Waals surface area (Å²) in [6, 6.07) is 12.2. The molecule has 6 heteroatoms. The van der Waals surface area contributed by atoms with Crippen LogP contribution in [0.1, 0.15) is 11.1 Å². The number of hydrogen-bond acceptors (Lipinski definition) is 5. The third kappa shape index (κ3) is 4.76. The number of hydrogen-bond donors (Lipinski definition) is 1. The van der Waals surface area contributed by atoms with E-state index in [1.165, 1.54) is 5.56 Å². The molecular formula is C19H20BrN5. The van der Waals surface area contributed by atoms with Crippen LogP contribution in [0.4, 0.5) is 17.3 Å². The molecule has 0 aliphatic heterocycles. The number of benzene rings is 1. The number of pyridine rings is 1. The van der Waals surface area contributed by atoms with Gasteiger partial charge in [-0.1, -0.05) is 15.9 Å². The van der Waals surface area contributed by atoms with E-state index in [1.54, 1.807) is 6.33 Å². The summed E-state index contributed by atoms with van der Waals surface area (Å²) < 4.78 is 1.06.